The third-order valence-corrected chi connectivity index (χ3v) is 6.48. The third kappa shape index (κ3) is 7.10. The van der Waals surface area contributed by atoms with Gasteiger partial charge in [-0.2, -0.15) is 10.5 Å². The van der Waals surface area contributed by atoms with Gasteiger partial charge in [-0.15, -0.1) is 0 Å². The quantitative estimate of drug-likeness (QED) is 0.250. The van der Waals surface area contributed by atoms with E-state index in [4.69, 9.17) is 5.26 Å². The molecule has 0 atom stereocenters. The lowest BCUT2D eigenvalue weighted by Gasteiger charge is -2.20. The normalized spacial score (nSPS) is 9.82. The Morgan fingerprint density at radius 1 is 1.21 bits per heavy atom. The predicted molar refractivity (Wildman–Crippen MR) is 146 cm³/mol. The molecule has 3 aromatic rings. The molecule has 1 aromatic heterocycles. The Labute approximate surface area is 223 Å². The van der Waals surface area contributed by atoms with Crippen molar-refractivity contribution in [3.05, 3.63) is 91.2 Å². The molecule has 2 aromatic carbocycles. The van der Waals surface area contributed by atoms with Gasteiger partial charge in [-0.1, -0.05) is 47.1 Å². The van der Waals surface area contributed by atoms with Crippen molar-refractivity contribution in [1.82, 2.24) is 9.88 Å². The molecule has 38 heavy (non-hydrogen) atoms. The summed E-state index contributed by atoms with van der Waals surface area (Å²) in [5.41, 5.74) is 7.37. The maximum atomic E-state index is 14.0. The van der Waals surface area contributed by atoms with Gasteiger partial charge in [0.05, 0.1) is 11.8 Å². The van der Waals surface area contributed by atoms with Crippen molar-refractivity contribution in [1.29, 1.82) is 10.5 Å². The summed E-state index contributed by atoms with van der Waals surface area (Å²) >= 11 is 1.05. The van der Waals surface area contributed by atoms with Crippen LogP contribution < -0.4 is 30.3 Å². The first-order valence-corrected chi connectivity index (χ1v) is 12.5. The second-order valence-electron chi connectivity index (χ2n) is 7.99. The van der Waals surface area contributed by atoms with Gasteiger partial charge < -0.3 is 15.5 Å². The van der Waals surface area contributed by atoms with E-state index >= 15 is 0 Å². The fraction of sp³-hybridized carbons (Fsp3) is 0.214. The molecule has 1 heterocycles. The summed E-state index contributed by atoms with van der Waals surface area (Å²) in [4.78, 5) is 26.7. The van der Waals surface area contributed by atoms with Crippen molar-refractivity contribution >= 4 is 40.1 Å². The van der Waals surface area contributed by atoms with E-state index in [0.717, 1.165) is 22.6 Å². The van der Waals surface area contributed by atoms with Gasteiger partial charge in [0, 0.05) is 32.0 Å². The third-order valence-electron chi connectivity index (χ3n) is 5.47. The first kappa shape index (κ1) is 27.7. The van der Waals surface area contributed by atoms with Crippen molar-refractivity contribution in [2.24, 2.45) is 0 Å². The molecule has 0 saturated heterocycles. The molecule has 3 rings (SSSR count). The Balaban J connectivity index is 1.82. The zero-order valence-corrected chi connectivity index (χ0v) is 21.7. The van der Waals surface area contributed by atoms with Crippen LogP contribution in [0.1, 0.15) is 12.5 Å². The molecule has 2 N–H and O–H groups in total. The number of hydrogen-bond donors (Lipinski definition) is 2. The summed E-state index contributed by atoms with van der Waals surface area (Å²) in [6.45, 7) is 2.47. The van der Waals surface area contributed by atoms with Gasteiger partial charge in [0.15, 0.2) is 5.57 Å². The van der Waals surface area contributed by atoms with E-state index in [-0.39, 0.29) is 28.0 Å². The van der Waals surface area contributed by atoms with Crippen LogP contribution >= 0.6 is 11.3 Å². The number of para-hydroxylation sites is 1. The number of hydrogen-bond acceptors (Lipinski definition) is 7. The number of carbonyl (C=O) groups is 1. The lowest BCUT2D eigenvalue weighted by molar-refractivity contribution is -0.116. The number of rotatable bonds is 9. The fourth-order valence-corrected chi connectivity index (χ4v) is 4.50. The molecule has 1 amide bonds. The van der Waals surface area contributed by atoms with Crippen LogP contribution in [0.2, 0.25) is 0 Å². The first-order valence-electron chi connectivity index (χ1n) is 11.7. The number of thiazole rings is 1. The Bertz CT molecular complexity index is 1660. The molecular formula is C28H25FN6O2S. The molecular weight excluding hydrogens is 503 g/mol. The van der Waals surface area contributed by atoms with Crippen LogP contribution in [0.3, 0.4) is 0 Å². The zero-order chi connectivity index (χ0) is 27.5. The Kier molecular flexibility index (Phi) is 9.82. The molecule has 0 aliphatic rings. The summed E-state index contributed by atoms with van der Waals surface area (Å²) in [6.07, 6.45) is 2.23. The van der Waals surface area contributed by atoms with E-state index < -0.39 is 5.91 Å². The first-order chi connectivity index (χ1) is 18.4. The summed E-state index contributed by atoms with van der Waals surface area (Å²) in [7, 11) is 1.85. The number of benzene rings is 2. The van der Waals surface area contributed by atoms with Crippen molar-refractivity contribution in [2.45, 2.75) is 19.9 Å². The second kappa shape index (κ2) is 13.5. The molecule has 0 bridgehead atoms. The molecule has 0 fully saturated rings. The van der Waals surface area contributed by atoms with Crippen LogP contribution in [0.25, 0.3) is 11.5 Å². The van der Waals surface area contributed by atoms with Gasteiger partial charge >= 0.3 is 0 Å². The number of nitriles is 2. The smallest absolute Gasteiger partial charge is 0.277 e. The molecule has 0 radical (unpaired) electrons. The van der Waals surface area contributed by atoms with Crippen LogP contribution in [0.5, 0.6) is 0 Å². The van der Waals surface area contributed by atoms with E-state index in [1.165, 1.54) is 16.8 Å². The number of likely N-dealkylation sites (N-methyl/N-ethyl adjacent to an activating group) is 1. The average molecular weight is 529 g/mol. The number of nitrogens with zero attached hydrogens (tertiary/aromatic N) is 4. The van der Waals surface area contributed by atoms with Gasteiger partial charge in [-0.3, -0.25) is 14.2 Å². The molecule has 0 spiro atoms. The van der Waals surface area contributed by atoms with Crippen LogP contribution in [0.4, 0.5) is 15.8 Å². The monoisotopic (exact) mass is 528 g/mol. The summed E-state index contributed by atoms with van der Waals surface area (Å²) in [6, 6.07) is 17.9. The molecule has 192 valence electrons. The predicted octanol–water partition coefficient (Wildman–Crippen LogP) is 2.22. The van der Waals surface area contributed by atoms with Gasteiger partial charge in [0.1, 0.15) is 27.6 Å². The minimum Gasteiger partial charge on any atom is -0.372 e. The van der Waals surface area contributed by atoms with Gasteiger partial charge in [0.2, 0.25) is 0 Å². The molecule has 0 aliphatic carbocycles. The van der Waals surface area contributed by atoms with Crippen LogP contribution in [0, 0.1) is 28.5 Å². The Morgan fingerprint density at radius 2 is 2.00 bits per heavy atom. The maximum Gasteiger partial charge on any atom is 0.277 e. The average Bonchev–Trinajstić information content (AvgIpc) is 3.23. The second-order valence-corrected chi connectivity index (χ2v) is 8.99. The highest BCUT2D eigenvalue weighted by Gasteiger charge is 2.09. The molecule has 0 aliphatic heterocycles. The number of amides is 1. The molecule has 0 unspecified atom stereocenters. The van der Waals surface area contributed by atoms with Crippen LogP contribution in [-0.4, -0.2) is 30.6 Å². The van der Waals surface area contributed by atoms with E-state index in [2.05, 4.69) is 22.1 Å². The Hall–Kier alpha value is -4.85. The van der Waals surface area contributed by atoms with Gasteiger partial charge in [-0.05, 0) is 43.2 Å². The summed E-state index contributed by atoms with van der Waals surface area (Å²) < 4.78 is 16.0. The number of halogens is 1. The Morgan fingerprint density at radius 3 is 2.71 bits per heavy atom. The topological polar surface area (TPSA) is 114 Å². The minimum absolute atomic E-state index is 0.242. The van der Waals surface area contributed by atoms with Crippen LogP contribution in [0.15, 0.2) is 65.1 Å². The van der Waals surface area contributed by atoms with Crippen molar-refractivity contribution < 1.29 is 9.18 Å². The summed E-state index contributed by atoms with van der Waals surface area (Å²) in [5.74, 6) is -0.996. The highest BCUT2D eigenvalue weighted by Crippen LogP contribution is 2.18. The maximum absolute atomic E-state index is 14.0. The highest BCUT2D eigenvalue weighted by atomic mass is 32.1. The van der Waals surface area contributed by atoms with E-state index in [1.54, 1.807) is 37.3 Å². The highest BCUT2D eigenvalue weighted by molar-refractivity contribution is 7.07. The minimum atomic E-state index is -0.736. The van der Waals surface area contributed by atoms with Crippen molar-refractivity contribution in [3.8, 4) is 12.1 Å². The van der Waals surface area contributed by atoms with Gasteiger partial charge in [-0.25, -0.2) is 4.39 Å². The van der Waals surface area contributed by atoms with Crippen molar-refractivity contribution in [3.63, 3.8) is 0 Å². The number of aromatic nitrogens is 1. The van der Waals surface area contributed by atoms with E-state index in [9.17, 15) is 19.2 Å². The number of nitrogens with one attached hydrogen (secondary N) is 2. The molecule has 10 heteroatoms. The van der Waals surface area contributed by atoms with Gasteiger partial charge in [0.25, 0.3) is 11.5 Å². The SMILES string of the molecule is CCn1c(=C=C(C#N)C(=O)NCC#N)sc(=C=CNc2cccc(CCN(C)c3ccccc3F)c2)c1=O. The lowest BCUT2D eigenvalue weighted by atomic mass is 10.1. The summed E-state index contributed by atoms with van der Waals surface area (Å²) in [5, 5.41) is 23.3. The molecule has 0 saturated carbocycles. The van der Waals surface area contributed by atoms with E-state index in [1.807, 2.05) is 36.2 Å². The van der Waals surface area contributed by atoms with Crippen molar-refractivity contribution in [2.75, 3.05) is 30.4 Å². The molecule has 8 nitrogen and oxygen atoms in total. The fourth-order valence-electron chi connectivity index (χ4n) is 3.51. The van der Waals surface area contributed by atoms with Crippen LogP contribution in [-0.2, 0) is 17.8 Å². The number of anilines is 2. The van der Waals surface area contributed by atoms with E-state index in [0.29, 0.717) is 29.9 Å². The largest absolute Gasteiger partial charge is 0.372 e. The standard InChI is InChI=1S/C28H25FN6O2S/c1-3-35-26(18-21(19-31)27(36)33-15-13-30)38-25(28(35)37)11-14-32-22-8-6-7-20(17-22)12-16-34(2)24-10-5-4-9-23(24)29/h4-10,14,17,32H,3,12,15-16H2,1-2H3,(H,33,36). The zero-order valence-electron chi connectivity index (χ0n) is 20.9. The lowest BCUT2D eigenvalue weighted by Crippen LogP contribution is -2.30. The number of carbonyl (C=O) groups excluding carboxylic acids is 1.